The van der Waals surface area contributed by atoms with Gasteiger partial charge in [0.1, 0.15) is 0 Å². The summed E-state index contributed by atoms with van der Waals surface area (Å²) < 4.78 is 25.2. The van der Waals surface area contributed by atoms with Crippen molar-refractivity contribution in [1.82, 2.24) is 10.6 Å². The number of carbonyl (C=O) groups is 1. The Labute approximate surface area is 137 Å². The molecule has 2 rings (SSSR count). The molecule has 0 bridgehead atoms. The van der Waals surface area contributed by atoms with Crippen LogP contribution in [0.3, 0.4) is 0 Å². The zero-order valence-electron chi connectivity index (χ0n) is 13.2. The number of benzene rings is 1. The van der Waals surface area contributed by atoms with Gasteiger partial charge in [-0.2, -0.15) is 0 Å². The summed E-state index contributed by atoms with van der Waals surface area (Å²) in [7, 11) is -3.35. The highest BCUT2D eigenvalue weighted by molar-refractivity contribution is 7.92. The lowest BCUT2D eigenvalue weighted by atomic mass is 9.94. The lowest BCUT2D eigenvalue weighted by Crippen LogP contribution is -2.38. The van der Waals surface area contributed by atoms with Crippen LogP contribution in [0.15, 0.2) is 36.4 Å². The number of anilines is 1. The van der Waals surface area contributed by atoms with Crippen molar-refractivity contribution in [2.24, 2.45) is 5.92 Å². The highest BCUT2D eigenvalue weighted by atomic mass is 32.2. The maximum Gasteiger partial charge on any atom is 0.315 e. The van der Waals surface area contributed by atoms with E-state index in [-0.39, 0.29) is 12.6 Å². The highest BCUT2D eigenvalue weighted by Gasteiger charge is 2.12. The van der Waals surface area contributed by atoms with Gasteiger partial charge >= 0.3 is 6.03 Å². The standard InChI is InChI=1S/C16H23N3O3S/c1-23(21,22)19-15-10-6-5-9-14(15)12-18-16(20)17-11-13-7-3-2-4-8-13/h2-3,5-6,9-10,13,19H,4,7-8,11-12H2,1H3,(H2,17,18,20). The number of urea groups is 1. The zero-order chi connectivity index (χ0) is 16.7. The molecule has 0 aliphatic heterocycles. The molecule has 1 atom stereocenters. The fraction of sp³-hybridized carbons (Fsp3) is 0.438. The normalized spacial score (nSPS) is 17.5. The van der Waals surface area contributed by atoms with Crippen LogP contribution in [0.1, 0.15) is 24.8 Å². The van der Waals surface area contributed by atoms with Crippen LogP contribution in [0.2, 0.25) is 0 Å². The van der Waals surface area contributed by atoms with Crippen molar-refractivity contribution in [3.63, 3.8) is 0 Å². The quantitative estimate of drug-likeness (QED) is 0.696. The summed E-state index contributed by atoms with van der Waals surface area (Å²) in [6.45, 7) is 0.911. The SMILES string of the molecule is CS(=O)(=O)Nc1ccccc1CNC(=O)NCC1CC=CCC1. The third kappa shape index (κ3) is 6.32. The van der Waals surface area contributed by atoms with Gasteiger partial charge in [0.15, 0.2) is 0 Å². The molecule has 3 N–H and O–H groups in total. The average Bonchev–Trinajstić information content (AvgIpc) is 2.51. The zero-order valence-corrected chi connectivity index (χ0v) is 14.0. The molecule has 1 aliphatic rings. The number of rotatable bonds is 6. The first kappa shape index (κ1) is 17.3. The van der Waals surface area contributed by atoms with E-state index in [9.17, 15) is 13.2 Å². The molecule has 0 saturated carbocycles. The van der Waals surface area contributed by atoms with Gasteiger partial charge in [-0.05, 0) is 36.8 Å². The first-order chi connectivity index (χ1) is 10.9. The smallest absolute Gasteiger partial charge is 0.315 e. The van der Waals surface area contributed by atoms with Crippen molar-refractivity contribution in [2.45, 2.75) is 25.8 Å². The van der Waals surface area contributed by atoms with Crippen LogP contribution in [-0.4, -0.2) is 27.2 Å². The van der Waals surface area contributed by atoms with Crippen LogP contribution in [-0.2, 0) is 16.6 Å². The van der Waals surface area contributed by atoms with Gasteiger partial charge in [-0.3, -0.25) is 4.72 Å². The molecule has 0 aromatic heterocycles. The first-order valence-electron chi connectivity index (χ1n) is 7.66. The summed E-state index contributed by atoms with van der Waals surface area (Å²) in [6, 6.07) is 6.75. The van der Waals surface area contributed by atoms with Crippen LogP contribution in [0.25, 0.3) is 0 Å². The maximum absolute atomic E-state index is 11.9. The second-order valence-corrected chi connectivity index (χ2v) is 7.49. The van der Waals surface area contributed by atoms with Gasteiger partial charge in [0.05, 0.1) is 11.9 Å². The van der Waals surface area contributed by atoms with Crippen molar-refractivity contribution >= 4 is 21.7 Å². The van der Waals surface area contributed by atoms with Crippen LogP contribution < -0.4 is 15.4 Å². The second-order valence-electron chi connectivity index (χ2n) is 5.75. The van der Waals surface area contributed by atoms with E-state index >= 15 is 0 Å². The van der Waals surface area contributed by atoms with Gasteiger partial charge in [0, 0.05) is 13.1 Å². The van der Waals surface area contributed by atoms with Crippen LogP contribution >= 0.6 is 0 Å². The Morgan fingerprint density at radius 2 is 2.00 bits per heavy atom. The monoisotopic (exact) mass is 337 g/mol. The van der Waals surface area contributed by atoms with E-state index in [4.69, 9.17) is 0 Å². The molecule has 0 fully saturated rings. The van der Waals surface area contributed by atoms with E-state index in [2.05, 4.69) is 27.5 Å². The summed E-state index contributed by atoms with van der Waals surface area (Å²) in [5.41, 5.74) is 1.20. The molecular formula is C16H23N3O3S. The van der Waals surface area contributed by atoms with Gasteiger partial charge in [-0.15, -0.1) is 0 Å². The number of carbonyl (C=O) groups excluding carboxylic acids is 1. The molecule has 1 unspecified atom stereocenters. The van der Waals surface area contributed by atoms with E-state index in [1.807, 2.05) is 0 Å². The van der Waals surface area contributed by atoms with E-state index < -0.39 is 10.0 Å². The molecule has 0 spiro atoms. The Bertz CT molecular complexity index is 671. The van der Waals surface area contributed by atoms with Gasteiger partial charge in [-0.25, -0.2) is 13.2 Å². The van der Waals surface area contributed by atoms with Crippen molar-refractivity contribution in [1.29, 1.82) is 0 Å². The van der Waals surface area contributed by atoms with Gasteiger partial charge in [-0.1, -0.05) is 30.4 Å². The molecule has 2 amide bonds. The Kier molecular flexibility index (Phi) is 6.04. The number of hydrogen-bond donors (Lipinski definition) is 3. The summed E-state index contributed by atoms with van der Waals surface area (Å²) in [5, 5.41) is 5.63. The summed E-state index contributed by atoms with van der Waals surface area (Å²) in [4.78, 5) is 11.9. The largest absolute Gasteiger partial charge is 0.338 e. The van der Waals surface area contributed by atoms with E-state index in [1.54, 1.807) is 24.3 Å². The van der Waals surface area contributed by atoms with Crippen LogP contribution in [0, 0.1) is 5.92 Å². The number of sulfonamides is 1. The molecule has 6 nitrogen and oxygen atoms in total. The summed E-state index contributed by atoms with van der Waals surface area (Å²) in [5.74, 6) is 0.491. The number of amides is 2. The Morgan fingerprint density at radius 3 is 2.70 bits per heavy atom. The number of hydrogen-bond acceptors (Lipinski definition) is 3. The Balaban J connectivity index is 1.83. The van der Waals surface area contributed by atoms with Crippen LogP contribution in [0.4, 0.5) is 10.5 Å². The van der Waals surface area contributed by atoms with Crippen molar-refractivity contribution in [2.75, 3.05) is 17.5 Å². The first-order valence-corrected chi connectivity index (χ1v) is 9.55. The topological polar surface area (TPSA) is 87.3 Å². The molecule has 0 radical (unpaired) electrons. The Morgan fingerprint density at radius 1 is 1.22 bits per heavy atom. The predicted octanol–water partition coefficient (Wildman–Crippen LogP) is 2.21. The summed E-state index contributed by atoms with van der Waals surface area (Å²) >= 11 is 0. The number of para-hydroxylation sites is 1. The molecule has 1 aromatic carbocycles. The van der Waals surface area contributed by atoms with Crippen molar-refractivity contribution in [3.05, 3.63) is 42.0 Å². The van der Waals surface area contributed by atoms with Gasteiger partial charge in [0.25, 0.3) is 0 Å². The fourth-order valence-electron chi connectivity index (χ4n) is 2.49. The number of allylic oxidation sites excluding steroid dienone is 2. The molecule has 23 heavy (non-hydrogen) atoms. The molecule has 1 aromatic rings. The fourth-order valence-corrected chi connectivity index (χ4v) is 3.09. The minimum atomic E-state index is -3.35. The average molecular weight is 337 g/mol. The molecule has 0 saturated heterocycles. The second kappa shape index (κ2) is 8.01. The summed E-state index contributed by atoms with van der Waals surface area (Å²) in [6.07, 6.45) is 8.59. The Hall–Kier alpha value is -2.02. The molecule has 1 aliphatic carbocycles. The number of nitrogens with one attached hydrogen (secondary N) is 3. The third-order valence-corrected chi connectivity index (χ3v) is 4.27. The van der Waals surface area contributed by atoms with Crippen LogP contribution in [0.5, 0.6) is 0 Å². The van der Waals surface area contributed by atoms with E-state index in [0.717, 1.165) is 25.5 Å². The van der Waals surface area contributed by atoms with Gasteiger partial charge in [0.2, 0.25) is 10.0 Å². The molecular weight excluding hydrogens is 314 g/mol. The third-order valence-electron chi connectivity index (χ3n) is 3.68. The minimum absolute atomic E-state index is 0.242. The minimum Gasteiger partial charge on any atom is -0.338 e. The van der Waals surface area contributed by atoms with E-state index in [1.165, 1.54) is 0 Å². The maximum atomic E-state index is 11.9. The van der Waals surface area contributed by atoms with Crippen molar-refractivity contribution < 1.29 is 13.2 Å². The molecule has 0 heterocycles. The lowest BCUT2D eigenvalue weighted by Gasteiger charge is -2.18. The lowest BCUT2D eigenvalue weighted by molar-refractivity contribution is 0.238. The highest BCUT2D eigenvalue weighted by Crippen LogP contribution is 2.17. The van der Waals surface area contributed by atoms with E-state index in [0.29, 0.717) is 23.7 Å². The molecule has 126 valence electrons. The predicted molar refractivity (Wildman–Crippen MR) is 91.6 cm³/mol. The van der Waals surface area contributed by atoms with Crippen molar-refractivity contribution in [3.8, 4) is 0 Å². The van der Waals surface area contributed by atoms with Gasteiger partial charge < -0.3 is 10.6 Å². The molecule has 7 heteroatoms.